The number of fused-ring (bicyclic) bond motifs is 1. The predicted molar refractivity (Wildman–Crippen MR) is 139 cm³/mol. The molecule has 37 heavy (non-hydrogen) atoms. The maximum Gasteiger partial charge on any atom is 0.330 e. The largest absolute Gasteiger partial charge is 0.487 e. The number of hydrogen-bond donors (Lipinski definition) is 2. The molecule has 9 nitrogen and oxygen atoms in total. The first-order chi connectivity index (χ1) is 18.0. The molecule has 0 atom stereocenters. The van der Waals surface area contributed by atoms with Crippen LogP contribution in [0.25, 0.3) is 11.2 Å². The van der Waals surface area contributed by atoms with Crippen molar-refractivity contribution in [3.63, 3.8) is 0 Å². The van der Waals surface area contributed by atoms with Gasteiger partial charge in [0, 0.05) is 30.8 Å². The van der Waals surface area contributed by atoms with Crippen LogP contribution in [0.4, 0.5) is 4.39 Å². The van der Waals surface area contributed by atoms with Gasteiger partial charge in [-0.2, -0.15) is 0 Å². The maximum absolute atomic E-state index is 14.5. The van der Waals surface area contributed by atoms with Gasteiger partial charge in [0.05, 0.1) is 26.1 Å². The Labute approximate surface area is 216 Å². The fraction of sp³-hybridized carbons (Fsp3) is 0.346. The summed E-state index contributed by atoms with van der Waals surface area (Å²) in [5.74, 6) is -0.106. The zero-order valence-corrected chi connectivity index (χ0v) is 21.2. The number of ether oxygens (including phenoxy) is 2. The monoisotopic (exact) mass is 525 g/mol. The van der Waals surface area contributed by atoms with Gasteiger partial charge in [0.1, 0.15) is 6.10 Å². The first-order valence-corrected chi connectivity index (χ1v) is 13.0. The Hall–Kier alpha value is -3.41. The Morgan fingerprint density at radius 3 is 2.65 bits per heavy atom. The number of H-pyrrole nitrogens is 1. The van der Waals surface area contributed by atoms with Gasteiger partial charge in [0.15, 0.2) is 22.7 Å². The fourth-order valence-corrected chi connectivity index (χ4v) is 4.97. The quantitative estimate of drug-likeness (QED) is 0.323. The van der Waals surface area contributed by atoms with Crippen molar-refractivity contribution in [2.45, 2.75) is 50.4 Å². The molecule has 2 aromatic carbocycles. The summed E-state index contributed by atoms with van der Waals surface area (Å²) in [5, 5.41) is 0. The molecule has 0 radical (unpaired) electrons. The highest BCUT2D eigenvalue weighted by Crippen LogP contribution is 2.26. The second-order valence-corrected chi connectivity index (χ2v) is 9.77. The zero-order valence-electron chi connectivity index (χ0n) is 20.4. The number of nitrogens with one attached hydrogen (secondary N) is 2. The number of rotatable bonds is 9. The first kappa shape index (κ1) is 25.2. The molecule has 3 heterocycles. The van der Waals surface area contributed by atoms with E-state index >= 15 is 0 Å². The van der Waals surface area contributed by atoms with E-state index in [2.05, 4.69) is 14.7 Å². The van der Waals surface area contributed by atoms with Gasteiger partial charge in [0.2, 0.25) is 0 Å². The second-order valence-electron chi connectivity index (χ2n) is 8.81. The highest BCUT2D eigenvalue weighted by molar-refractivity contribution is 7.97. The molecule has 4 aromatic rings. The number of aromatic amines is 1. The van der Waals surface area contributed by atoms with Gasteiger partial charge in [0.25, 0.3) is 5.56 Å². The molecule has 2 N–H and O–H groups in total. The van der Waals surface area contributed by atoms with Crippen LogP contribution in [0.15, 0.2) is 63.3 Å². The minimum absolute atomic E-state index is 0.00894. The lowest BCUT2D eigenvalue weighted by molar-refractivity contribution is 0.0240. The molecule has 1 aliphatic rings. The summed E-state index contributed by atoms with van der Waals surface area (Å²) in [5.41, 5.74) is 1.77. The Morgan fingerprint density at radius 2 is 1.92 bits per heavy atom. The number of aromatic nitrogens is 4. The van der Waals surface area contributed by atoms with E-state index < -0.39 is 11.2 Å². The van der Waals surface area contributed by atoms with E-state index in [1.165, 1.54) is 22.6 Å². The maximum atomic E-state index is 14.5. The molecular weight excluding hydrogens is 497 g/mol. The van der Waals surface area contributed by atoms with Crippen molar-refractivity contribution >= 4 is 23.1 Å². The number of benzene rings is 2. The molecule has 1 saturated heterocycles. The summed E-state index contributed by atoms with van der Waals surface area (Å²) >= 11 is 1.34. The van der Waals surface area contributed by atoms with Crippen molar-refractivity contribution < 1.29 is 13.9 Å². The molecular formula is C26H28FN5O4S. The highest BCUT2D eigenvalue weighted by atomic mass is 32.2. The van der Waals surface area contributed by atoms with Crippen LogP contribution in [0.5, 0.6) is 5.75 Å². The summed E-state index contributed by atoms with van der Waals surface area (Å²) in [6.45, 7) is 4.64. The van der Waals surface area contributed by atoms with E-state index in [-0.39, 0.29) is 24.2 Å². The van der Waals surface area contributed by atoms with Crippen LogP contribution >= 0.6 is 11.9 Å². The lowest BCUT2D eigenvalue weighted by Crippen LogP contribution is -2.31. The molecule has 0 aliphatic carbocycles. The summed E-state index contributed by atoms with van der Waals surface area (Å²) in [4.78, 5) is 32.1. The smallest absolute Gasteiger partial charge is 0.330 e. The van der Waals surface area contributed by atoms with Crippen LogP contribution in [0.3, 0.4) is 0 Å². The summed E-state index contributed by atoms with van der Waals surface area (Å²) in [6.07, 6.45) is 3.10. The van der Waals surface area contributed by atoms with Crippen LogP contribution in [0.1, 0.15) is 30.9 Å². The van der Waals surface area contributed by atoms with Crippen LogP contribution < -0.4 is 20.7 Å². The number of imidazole rings is 1. The topological polar surface area (TPSA) is 103 Å². The van der Waals surface area contributed by atoms with E-state index in [9.17, 15) is 14.0 Å². The average Bonchev–Trinajstić information content (AvgIpc) is 3.34. The normalized spacial score (nSPS) is 14.3. The molecule has 194 valence electrons. The Kier molecular flexibility index (Phi) is 7.73. The number of aryl methyl sites for hydroxylation is 1. The third-order valence-electron chi connectivity index (χ3n) is 6.29. The van der Waals surface area contributed by atoms with Crippen LogP contribution in [-0.2, 0) is 24.4 Å². The molecule has 0 unspecified atom stereocenters. The van der Waals surface area contributed by atoms with Gasteiger partial charge in [-0.15, -0.1) is 0 Å². The van der Waals surface area contributed by atoms with E-state index in [0.717, 1.165) is 28.9 Å². The highest BCUT2D eigenvalue weighted by Gasteiger charge is 2.17. The third kappa shape index (κ3) is 5.79. The molecule has 5 rings (SSSR count). The van der Waals surface area contributed by atoms with Gasteiger partial charge in [-0.1, -0.05) is 24.3 Å². The molecule has 2 aromatic heterocycles. The van der Waals surface area contributed by atoms with Gasteiger partial charge in [-0.25, -0.2) is 14.2 Å². The molecule has 0 saturated carbocycles. The molecule has 1 fully saturated rings. The minimum Gasteiger partial charge on any atom is -0.487 e. The summed E-state index contributed by atoms with van der Waals surface area (Å²) in [6, 6.07) is 12.8. The first-order valence-electron chi connectivity index (χ1n) is 12.2. The van der Waals surface area contributed by atoms with E-state index in [0.29, 0.717) is 37.5 Å². The van der Waals surface area contributed by atoms with Crippen molar-refractivity contribution in [1.29, 1.82) is 0 Å². The zero-order chi connectivity index (χ0) is 25.8. The summed E-state index contributed by atoms with van der Waals surface area (Å²) < 4.78 is 32.0. The van der Waals surface area contributed by atoms with Crippen molar-refractivity contribution in [2.24, 2.45) is 0 Å². The Morgan fingerprint density at radius 1 is 1.16 bits per heavy atom. The van der Waals surface area contributed by atoms with Crippen molar-refractivity contribution in [2.75, 3.05) is 13.2 Å². The van der Waals surface area contributed by atoms with Gasteiger partial charge in [-0.3, -0.25) is 19.1 Å². The van der Waals surface area contributed by atoms with E-state index in [1.807, 2.05) is 37.3 Å². The van der Waals surface area contributed by atoms with Crippen molar-refractivity contribution in [3.05, 3.63) is 86.6 Å². The standard InChI is InChI=1S/C26H28FN5O4S/c1-2-31-16-28-24-23(31)25(33)30-26(34)32(24)15-18-5-3-17(4-6-18)14-29-37-20-7-8-22(21(27)13-20)36-19-9-11-35-12-10-19/h3-8,13,16,19,29H,2,9-12,14-15H2,1H3,(H,30,33,34). The van der Waals surface area contributed by atoms with Crippen LogP contribution in [0, 0.1) is 5.82 Å². The lowest BCUT2D eigenvalue weighted by atomic mass is 10.1. The predicted octanol–water partition coefficient (Wildman–Crippen LogP) is 3.45. The van der Waals surface area contributed by atoms with E-state index in [4.69, 9.17) is 9.47 Å². The van der Waals surface area contributed by atoms with Gasteiger partial charge in [-0.05, 0) is 48.2 Å². The van der Waals surface area contributed by atoms with Crippen molar-refractivity contribution in [1.82, 2.24) is 23.8 Å². The van der Waals surface area contributed by atoms with Crippen LogP contribution in [0.2, 0.25) is 0 Å². The Bertz CT molecular complexity index is 1490. The fourth-order valence-electron chi connectivity index (χ4n) is 4.27. The van der Waals surface area contributed by atoms with Gasteiger partial charge >= 0.3 is 5.69 Å². The van der Waals surface area contributed by atoms with Crippen LogP contribution in [-0.4, -0.2) is 38.4 Å². The summed E-state index contributed by atoms with van der Waals surface area (Å²) in [7, 11) is 0. The molecule has 11 heteroatoms. The number of nitrogens with zero attached hydrogens (tertiary/aromatic N) is 3. The Balaban J connectivity index is 1.18. The SMILES string of the molecule is CCn1cnc2c1c(=O)[nH]c(=O)n2Cc1ccc(CNSc2ccc(OC3CCOCC3)c(F)c2)cc1. The molecule has 1 aliphatic heterocycles. The second kappa shape index (κ2) is 11.3. The molecule has 0 bridgehead atoms. The van der Waals surface area contributed by atoms with Gasteiger partial charge < -0.3 is 14.0 Å². The molecule has 0 spiro atoms. The van der Waals surface area contributed by atoms with Crippen molar-refractivity contribution in [3.8, 4) is 5.75 Å². The number of hydrogen-bond acceptors (Lipinski definition) is 7. The lowest BCUT2D eigenvalue weighted by Gasteiger charge is -2.23. The molecule has 0 amide bonds. The average molecular weight is 526 g/mol. The minimum atomic E-state index is -0.489. The number of halogens is 1. The van der Waals surface area contributed by atoms with E-state index in [1.54, 1.807) is 17.0 Å². The third-order valence-corrected chi connectivity index (χ3v) is 7.07.